The lowest BCUT2D eigenvalue weighted by molar-refractivity contribution is -0.113. The molecule has 0 unspecified atom stereocenters. The molecule has 9 nitrogen and oxygen atoms in total. The molecule has 0 aliphatic carbocycles. The highest BCUT2D eigenvalue weighted by Crippen LogP contribution is 2.40. The standard InChI is InChI=1S/C24H22FN5O4S/c1-32-19-12-17(13-20(33-2)22(19)34-3)27-21(31)14-35-24-29-28-23(15-8-10-26-11-9-15)30(24)18-6-4-16(25)5-7-18/h4-13H,14H2,1-3H3,(H,27,31). The van der Waals surface area contributed by atoms with E-state index in [0.717, 1.165) is 5.56 Å². The lowest BCUT2D eigenvalue weighted by Gasteiger charge is -2.14. The van der Waals surface area contributed by atoms with Crippen LogP contribution >= 0.6 is 11.8 Å². The maximum absolute atomic E-state index is 13.5. The Hall–Kier alpha value is -4.12. The molecule has 2 aromatic carbocycles. The molecule has 0 spiro atoms. The van der Waals surface area contributed by atoms with Gasteiger partial charge in [0.05, 0.1) is 27.1 Å². The number of carbonyl (C=O) groups excluding carboxylic acids is 1. The number of hydrogen-bond acceptors (Lipinski definition) is 8. The molecule has 180 valence electrons. The molecule has 0 saturated heterocycles. The van der Waals surface area contributed by atoms with Gasteiger partial charge in [0.25, 0.3) is 0 Å². The first-order valence-corrected chi connectivity index (χ1v) is 11.4. The first-order chi connectivity index (χ1) is 17.0. The average Bonchev–Trinajstić information content (AvgIpc) is 3.31. The van der Waals surface area contributed by atoms with Crippen LogP contribution in [0, 0.1) is 5.82 Å². The first-order valence-electron chi connectivity index (χ1n) is 10.4. The number of benzene rings is 2. The number of carbonyl (C=O) groups is 1. The van der Waals surface area contributed by atoms with Crippen molar-refractivity contribution in [2.24, 2.45) is 0 Å². The largest absolute Gasteiger partial charge is 0.493 e. The van der Waals surface area contributed by atoms with E-state index in [1.165, 1.54) is 45.2 Å². The van der Waals surface area contributed by atoms with E-state index in [2.05, 4.69) is 20.5 Å². The average molecular weight is 496 g/mol. The maximum Gasteiger partial charge on any atom is 0.234 e. The number of nitrogens with zero attached hydrogens (tertiary/aromatic N) is 4. The van der Waals surface area contributed by atoms with Crippen LogP contribution in [0.25, 0.3) is 17.1 Å². The number of halogens is 1. The van der Waals surface area contributed by atoms with E-state index in [-0.39, 0.29) is 17.5 Å². The zero-order chi connectivity index (χ0) is 24.8. The molecule has 0 bridgehead atoms. The molecule has 0 atom stereocenters. The van der Waals surface area contributed by atoms with Gasteiger partial charge in [-0.05, 0) is 36.4 Å². The van der Waals surface area contributed by atoms with Crippen molar-refractivity contribution in [2.45, 2.75) is 5.16 Å². The van der Waals surface area contributed by atoms with Crippen molar-refractivity contribution in [1.29, 1.82) is 0 Å². The maximum atomic E-state index is 13.5. The zero-order valence-corrected chi connectivity index (χ0v) is 20.0. The molecular formula is C24H22FN5O4S. The topological polar surface area (TPSA) is 100 Å². The summed E-state index contributed by atoms with van der Waals surface area (Å²) >= 11 is 1.20. The van der Waals surface area contributed by atoms with Gasteiger partial charge in [-0.1, -0.05) is 11.8 Å². The van der Waals surface area contributed by atoms with E-state index in [1.807, 2.05) is 0 Å². The van der Waals surface area contributed by atoms with Crippen LogP contribution in [0.4, 0.5) is 10.1 Å². The third kappa shape index (κ3) is 5.35. The van der Waals surface area contributed by atoms with Gasteiger partial charge in [0.15, 0.2) is 22.5 Å². The second kappa shape index (κ2) is 10.9. The highest BCUT2D eigenvalue weighted by Gasteiger charge is 2.19. The fraction of sp³-hybridized carbons (Fsp3) is 0.167. The van der Waals surface area contributed by atoms with Crippen molar-refractivity contribution < 1.29 is 23.4 Å². The summed E-state index contributed by atoms with van der Waals surface area (Å²) in [4.78, 5) is 16.8. The Morgan fingerprint density at radius 1 is 0.971 bits per heavy atom. The number of ether oxygens (including phenoxy) is 3. The number of nitrogens with one attached hydrogen (secondary N) is 1. The zero-order valence-electron chi connectivity index (χ0n) is 19.2. The summed E-state index contributed by atoms with van der Waals surface area (Å²) in [7, 11) is 4.51. The summed E-state index contributed by atoms with van der Waals surface area (Å²) in [5.74, 6) is 1.24. The quantitative estimate of drug-likeness (QED) is 0.345. The highest BCUT2D eigenvalue weighted by atomic mass is 32.2. The normalized spacial score (nSPS) is 10.6. The molecular weight excluding hydrogens is 473 g/mol. The molecule has 4 aromatic rings. The Balaban J connectivity index is 1.57. The van der Waals surface area contributed by atoms with Gasteiger partial charge in [-0.3, -0.25) is 14.3 Å². The Labute approximate surface area is 205 Å². The predicted molar refractivity (Wildman–Crippen MR) is 130 cm³/mol. The van der Waals surface area contributed by atoms with Crippen LogP contribution in [0.3, 0.4) is 0 Å². The molecule has 0 fully saturated rings. The molecule has 0 saturated carbocycles. The van der Waals surface area contributed by atoms with Crippen LogP contribution in [0.5, 0.6) is 17.2 Å². The molecule has 2 heterocycles. The number of hydrogen-bond donors (Lipinski definition) is 1. The van der Waals surface area contributed by atoms with E-state index in [0.29, 0.717) is 39.6 Å². The number of rotatable bonds is 9. The molecule has 2 aromatic heterocycles. The molecule has 0 radical (unpaired) electrons. The predicted octanol–water partition coefficient (Wildman–Crippen LogP) is 4.23. The molecule has 0 aliphatic heterocycles. The second-order valence-electron chi connectivity index (χ2n) is 7.10. The van der Waals surface area contributed by atoms with E-state index >= 15 is 0 Å². The van der Waals surface area contributed by atoms with Crippen molar-refractivity contribution in [1.82, 2.24) is 19.7 Å². The number of amides is 1. The summed E-state index contributed by atoms with van der Waals surface area (Å²) < 4.78 is 31.3. The van der Waals surface area contributed by atoms with E-state index < -0.39 is 0 Å². The molecule has 11 heteroatoms. The first kappa shape index (κ1) is 24.0. The van der Waals surface area contributed by atoms with Gasteiger partial charge in [-0.25, -0.2) is 4.39 Å². The van der Waals surface area contributed by atoms with Crippen molar-refractivity contribution in [3.63, 3.8) is 0 Å². The lowest BCUT2D eigenvalue weighted by Crippen LogP contribution is -2.15. The van der Waals surface area contributed by atoms with Gasteiger partial charge in [0, 0.05) is 41.5 Å². The monoisotopic (exact) mass is 495 g/mol. The van der Waals surface area contributed by atoms with Crippen LogP contribution in [0.15, 0.2) is 66.1 Å². The van der Waals surface area contributed by atoms with Crippen molar-refractivity contribution in [2.75, 3.05) is 32.4 Å². The summed E-state index contributed by atoms with van der Waals surface area (Å²) in [5.41, 5.74) is 1.93. The number of thioether (sulfide) groups is 1. The Morgan fingerprint density at radius 3 is 2.23 bits per heavy atom. The number of aromatic nitrogens is 4. The minimum absolute atomic E-state index is 0.0479. The van der Waals surface area contributed by atoms with Gasteiger partial charge >= 0.3 is 0 Å². The number of methoxy groups -OCH3 is 3. The minimum Gasteiger partial charge on any atom is -0.493 e. The van der Waals surface area contributed by atoms with Crippen molar-refractivity contribution in [3.8, 4) is 34.3 Å². The van der Waals surface area contributed by atoms with Crippen molar-refractivity contribution >= 4 is 23.4 Å². The van der Waals surface area contributed by atoms with Crippen LogP contribution in [-0.2, 0) is 4.79 Å². The van der Waals surface area contributed by atoms with E-state index in [4.69, 9.17) is 14.2 Å². The Morgan fingerprint density at radius 2 is 1.63 bits per heavy atom. The lowest BCUT2D eigenvalue weighted by atomic mass is 10.2. The van der Waals surface area contributed by atoms with Gasteiger partial charge in [0.1, 0.15) is 5.82 Å². The summed E-state index contributed by atoms with van der Waals surface area (Å²) in [6.45, 7) is 0. The second-order valence-corrected chi connectivity index (χ2v) is 8.05. The smallest absolute Gasteiger partial charge is 0.234 e. The minimum atomic E-state index is -0.355. The number of pyridine rings is 1. The van der Waals surface area contributed by atoms with E-state index in [9.17, 15) is 9.18 Å². The SMILES string of the molecule is COc1cc(NC(=O)CSc2nnc(-c3ccncc3)n2-c2ccc(F)cc2)cc(OC)c1OC. The highest BCUT2D eigenvalue weighted by molar-refractivity contribution is 7.99. The number of anilines is 1. The fourth-order valence-electron chi connectivity index (χ4n) is 3.35. The van der Waals surface area contributed by atoms with Crippen LogP contribution in [-0.4, -0.2) is 52.7 Å². The van der Waals surface area contributed by atoms with Crippen LogP contribution in [0.1, 0.15) is 0 Å². The van der Waals surface area contributed by atoms with Crippen molar-refractivity contribution in [3.05, 3.63) is 66.7 Å². The van der Waals surface area contributed by atoms with Gasteiger partial charge in [-0.15, -0.1) is 10.2 Å². The molecule has 0 aliphatic rings. The van der Waals surface area contributed by atoms with Gasteiger partial charge < -0.3 is 19.5 Å². The van der Waals surface area contributed by atoms with Gasteiger partial charge in [-0.2, -0.15) is 0 Å². The van der Waals surface area contributed by atoms with E-state index in [1.54, 1.807) is 53.4 Å². The Bertz CT molecular complexity index is 1290. The molecule has 35 heavy (non-hydrogen) atoms. The summed E-state index contributed by atoms with van der Waals surface area (Å²) in [6.07, 6.45) is 3.30. The molecule has 1 N–H and O–H groups in total. The third-order valence-corrected chi connectivity index (χ3v) is 5.87. The van der Waals surface area contributed by atoms with Gasteiger partial charge in [0.2, 0.25) is 11.7 Å². The third-order valence-electron chi connectivity index (χ3n) is 4.94. The van der Waals surface area contributed by atoms with Crippen LogP contribution in [0.2, 0.25) is 0 Å². The Kier molecular flexibility index (Phi) is 7.46. The fourth-order valence-corrected chi connectivity index (χ4v) is 4.11. The molecule has 1 amide bonds. The molecule has 4 rings (SSSR count). The van der Waals surface area contributed by atoms with Crippen LogP contribution < -0.4 is 19.5 Å². The summed E-state index contributed by atoms with van der Waals surface area (Å²) in [6, 6.07) is 12.9. The summed E-state index contributed by atoms with van der Waals surface area (Å²) in [5, 5.41) is 11.9.